The van der Waals surface area contributed by atoms with Crippen LogP contribution in [-0.2, 0) is 14.3 Å². The van der Waals surface area contributed by atoms with Gasteiger partial charge in [-0.2, -0.15) is 0 Å². The summed E-state index contributed by atoms with van der Waals surface area (Å²) in [6.07, 6.45) is 0.143. The maximum atomic E-state index is 12.9. The van der Waals surface area contributed by atoms with Crippen molar-refractivity contribution < 1.29 is 28.6 Å². The molecule has 1 aliphatic heterocycles. The van der Waals surface area contributed by atoms with E-state index in [-0.39, 0.29) is 23.9 Å². The average Bonchev–Trinajstić information content (AvgIpc) is 2.86. The summed E-state index contributed by atoms with van der Waals surface area (Å²) in [7, 11) is 1.48. The molecule has 0 aliphatic carbocycles. The minimum Gasteiger partial charge on any atom is -0.493 e. The third-order valence-electron chi connectivity index (χ3n) is 4.65. The highest BCUT2D eigenvalue weighted by Gasteiger charge is 2.30. The van der Waals surface area contributed by atoms with E-state index < -0.39 is 18.5 Å². The largest absolute Gasteiger partial charge is 0.493 e. The number of ether oxygens (including phenoxy) is 3. The molecule has 0 saturated heterocycles. The first-order chi connectivity index (χ1) is 14.4. The molecule has 0 spiro atoms. The maximum Gasteiger partial charge on any atom is 0.338 e. The molecule has 8 nitrogen and oxygen atoms in total. The van der Waals surface area contributed by atoms with Gasteiger partial charge in [0.1, 0.15) is 0 Å². The Morgan fingerprint density at radius 1 is 1.17 bits per heavy atom. The highest BCUT2D eigenvalue weighted by Crippen LogP contribution is 2.31. The number of carbonyl (C=O) groups excluding carboxylic acids is 3. The van der Waals surface area contributed by atoms with Crippen LogP contribution >= 0.6 is 0 Å². The summed E-state index contributed by atoms with van der Waals surface area (Å²) in [5.74, 6) is -0.340. The fourth-order valence-electron chi connectivity index (χ4n) is 3.32. The smallest absolute Gasteiger partial charge is 0.338 e. The summed E-state index contributed by atoms with van der Waals surface area (Å²) in [5.41, 5.74) is 1.35. The lowest BCUT2D eigenvalue weighted by molar-refractivity contribution is -0.122. The summed E-state index contributed by atoms with van der Waals surface area (Å²) in [6.45, 7) is 3.62. The first-order valence-corrected chi connectivity index (χ1v) is 9.63. The Bertz CT molecular complexity index is 958. The molecule has 3 rings (SSSR count). The number of para-hydroxylation sites is 2. The Balaban J connectivity index is 1.73. The van der Waals surface area contributed by atoms with Crippen molar-refractivity contribution in [3.05, 3.63) is 48.0 Å². The molecule has 2 amide bonds. The van der Waals surface area contributed by atoms with Crippen LogP contribution in [0.15, 0.2) is 42.5 Å². The SMILES string of the molecule is CCOc1ccc(C(=O)OCC(=O)N2c3ccccc3NC(=O)CC2C)cc1OC. The van der Waals surface area contributed by atoms with Crippen LogP contribution in [0.3, 0.4) is 0 Å². The molecule has 158 valence electrons. The van der Waals surface area contributed by atoms with Gasteiger partial charge >= 0.3 is 5.97 Å². The molecular weight excluding hydrogens is 388 g/mol. The van der Waals surface area contributed by atoms with Gasteiger partial charge in [0.25, 0.3) is 5.91 Å². The first-order valence-electron chi connectivity index (χ1n) is 9.63. The molecule has 8 heteroatoms. The standard InChI is InChI=1S/C22H24N2O6/c1-4-29-18-10-9-15(12-19(18)28-3)22(27)30-13-21(26)24-14(2)11-20(25)23-16-7-5-6-8-17(16)24/h5-10,12,14H,4,11,13H2,1-3H3,(H,23,25). The zero-order valence-corrected chi connectivity index (χ0v) is 17.1. The second kappa shape index (κ2) is 9.30. The van der Waals surface area contributed by atoms with Gasteiger partial charge in [0.05, 0.1) is 30.7 Å². The highest BCUT2D eigenvalue weighted by atomic mass is 16.5. The maximum absolute atomic E-state index is 12.9. The van der Waals surface area contributed by atoms with E-state index in [2.05, 4.69) is 5.32 Å². The minimum absolute atomic E-state index is 0.143. The molecule has 1 atom stereocenters. The molecule has 1 heterocycles. The minimum atomic E-state index is -0.658. The summed E-state index contributed by atoms with van der Waals surface area (Å²) in [6, 6.07) is 11.3. The van der Waals surface area contributed by atoms with E-state index in [0.717, 1.165) is 0 Å². The van der Waals surface area contributed by atoms with Gasteiger partial charge in [-0.25, -0.2) is 4.79 Å². The molecule has 0 aromatic heterocycles. The Morgan fingerprint density at radius 3 is 2.67 bits per heavy atom. The zero-order valence-electron chi connectivity index (χ0n) is 17.1. The number of methoxy groups -OCH3 is 1. The van der Waals surface area contributed by atoms with Crippen molar-refractivity contribution in [2.45, 2.75) is 26.3 Å². The molecule has 1 N–H and O–H groups in total. The third-order valence-corrected chi connectivity index (χ3v) is 4.65. The summed E-state index contributed by atoms with van der Waals surface area (Å²) >= 11 is 0. The van der Waals surface area contributed by atoms with Crippen molar-refractivity contribution >= 4 is 29.2 Å². The first kappa shape index (κ1) is 21.2. The normalized spacial score (nSPS) is 15.5. The second-order valence-electron chi connectivity index (χ2n) is 6.76. The Morgan fingerprint density at radius 2 is 1.93 bits per heavy atom. The van der Waals surface area contributed by atoms with Gasteiger partial charge in [0.2, 0.25) is 5.91 Å². The molecule has 0 bridgehead atoms. The van der Waals surface area contributed by atoms with Crippen LogP contribution in [0.25, 0.3) is 0 Å². The van der Waals surface area contributed by atoms with Gasteiger partial charge in [-0.3, -0.25) is 9.59 Å². The Hall–Kier alpha value is -3.55. The van der Waals surface area contributed by atoms with Crippen LogP contribution in [-0.4, -0.2) is 44.1 Å². The van der Waals surface area contributed by atoms with Crippen molar-refractivity contribution in [1.82, 2.24) is 0 Å². The van der Waals surface area contributed by atoms with E-state index in [0.29, 0.717) is 29.5 Å². The highest BCUT2D eigenvalue weighted by molar-refractivity contribution is 6.05. The number of rotatable bonds is 6. The molecule has 2 aromatic rings. The van der Waals surface area contributed by atoms with E-state index >= 15 is 0 Å². The zero-order chi connectivity index (χ0) is 21.7. The van der Waals surface area contributed by atoms with Crippen LogP contribution in [0.5, 0.6) is 11.5 Å². The predicted molar refractivity (Wildman–Crippen MR) is 111 cm³/mol. The topological polar surface area (TPSA) is 94.2 Å². The van der Waals surface area contributed by atoms with Gasteiger partial charge in [0.15, 0.2) is 18.1 Å². The van der Waals surface area contributed by atoms with Crippen LogP contribution in [0, 0.1) is 0 Å². The summed E-state index contributed by atoms with van der Waals surface area (Å²) < 4.78 is 15.9. The van der Waals surface area contributed by atoms with Crippen molar-refractivity contribution in [2.75, 3.05) is 30.5 Å². The van der Waals surface area contributed by atoms with Crippen LogP contribution in [0.2, 0.25) is 0 Å². The number of hydrogen-bond donors (Lipinski definition) is 1. The Kier molecular flexibility index (Phi) is 6.56. The van der Waals surface area contributed by atoms with Gasteiger partial charge in [-0.1, -0.05) is 12.1 Å². The van der Waals surface area contributed by atoms with Gasteiger partial charge in [0, 0.05) is 12.5 Å². The van der Waals surface area contributed by atoms with E-state index in [1.807, 2.05) is 6.92 Å². The van der Waals surface area contributed by atoms with Crippen molar-refractivity contribution in [3.63, 3.8) is 0 Å². The van der Waals surface area contributed by atoms with Crippen molar-refractivity contribution in [3.8, 4) is 11.5 Å². The monoisotopic (exact) mass is 412 g/mol. The quantitative estimate of drug-likeness (QED) is 0.733. The Labute approximate surface area is 174 Å². The number of amides is 2. The number of nitrogens with one attached hydrogen (secondary N) is 1. The van der Waals surface area contributed by atoms with Crippen LogP contribution < -0.4 is 19.7 Å². The number of fused-ring (bicyclic) bond motifs is 1. The van der Waals surface area contributed by atoms with Crippen LogP contribution in [0.4, 0.5) is 11.4 Å². The number of anilines is 2. The van der Waals surface area contributed by atoms with Crippen molar-refractivity contribution in [2.24, 2.45) is 0 Å². The molecule has 1 unspecified atom stereocenters. The lowest BCUT2D eigenvalue weighted by Gasteiger charge is -2.27. The number of esters is 1. The lowest BCUT2D eigenvalue weighted by Crippen LogP contribution is -2.41. The number of nitrogens with zero attached hydrogens (tertiary/aromatic N) is 1. The van der Waals surface area contributed by atoms with E-state index in [1.54, 1.807) is 43.3 Å². The third kappa shape index (κ3) is 4.53. The summed E-state index contributed by atoms with van der Waals surface area (Å²) in [4.78, 5) is 38.9. The van der Waals surface area contributed by atoms with Crippen LogP contribution in [0.1, 0.15) is 30.6 Å². The van der Waals surface area contributed by atoms with Gasteiger partial charge < -0.3 is 24.4 Å². The molecule has 0 fully saturated rings. The molecule has 30 heavy (non-hydrogen) atoms. The molecule has 0 saturated carbocycles. The number of hydrogen-bond acceptors (Lipinski definition) is 6. The lowest BCUT2D eigenvalue weighted by atomic mass is 10.1. The van der Waals surface area contributed by atoms with Crippen molar-refractivity contribution in [1.29, 1.82) is 0 Å². The molecular formula is C22H24N2O6. The summed E-state index contributed by atoms with van der Waals surface area (Å²) in [5, 5.41) is 2.79. The van der Waals surface area contributed by atoms with E-state index in [1.165, 1.54) is 18.1 Å². The average molecular weight is 412 g/mol. The fourth-order valence-corrected chi connectivity index (χ4v) is 3.32. The number of carbonyl (C=O) groups is 3. The fraction of sp³-hybridized carbons (Fsp3) is 0.318. The molecule has 2 aromatic carbocycles. The number of benzene rings is 2. The predicted octanol–water partition coefficient (Wildman–Crippen LogP) is 3.01. The molecule has 1 aliphatic rings. The van der Waals surface area contributed by atoms with Gasteiger partial charge in [-0.05, 0) is 44.2 Å². The molecule has 0 radical (unpaired) electrons. The second-order valence-corrected chi connectivity index (χ2v) is 6.76. The van der Waals surface area contributed by atoms with Gasteiger partial charge in [-0.15, -0.1) is 0 Å². The van der Waals surface area contributed by atoms with E-state index in [4.69, 9.17) is 14.2 Å². The van der Waals surface area contributed by atoms with E-state index in [9.17, 15) is 14.4 Å².